The van der Waals surface area contributed by atoms with Crippen molar-refractivity contribution in [3.63, 3.8) is 0 Å². The second-order valence-electron chi connectivity index (χ2n) is 9.47. The standard InChI is InChI=1S/C28H28BrN3O/c1-20-7-9-22(10-8-20)25-18-26-24-17-23(29)11-12-27(24)33-28(32(26)30-25)13-15-31(16-14-28)19-21-5-3-2-4-6-21/h2-12,17,26H,13-16,18-19H2,1H3/t26-/m1/s1. The van der Waals surface area contributed by atoms with E-state index in [1.807, 2.05) is 0 Å². The van der Waals surface area contributed by atoms with Gasteiger partial charge in [0.05, 0.1) is 11.8 Å². The van der Waals surface area contributed by atoms with Crippen molar-refractivity contribution in [2.24, 2.45) is 5.10 Å². The van der Waals surface area contributed by atoms with Crippen molar-refractivity contribution in [1.82, 2.24) is 9.91 Å². The number of hydrogen-bond acceptors (Lipinski definition) is 4. The zero-order valence-corrected chi connectivity index (χ0v) is 20.5. The quantitative estimate of drug-likeness (QED) is 0.421. The summed E-state index contributed by atoms with van der Waals surface area (Å²) < 4.78 is 7.89. The van der Waals surface area contributed by atoms with Crippen molar-refractivity contribution in [2.75, 3.05) is 13.1 Å². The summed E-state index contributed by atoms with van der Waals surface area (Å²) in [7, 11) is 0. The van der Waals surface area contributed by atoms with Gasteiger partial charge in [-0.25, -0.2) is 5.01 Å². The zero-order chi connectivity index (χ0) is 22.4. The molecule has 6 rings (SSSR count). The average Bonchev–Trinajstić information content (AvgIpc) is 3.29. The van der Waals surface area contributed by atoms with E-state index in [1.54, 1.807) is 0 Å². The number of fused-ring (bicyclic) bond motifs is 4. The number of hydrogen-bond donors (Lipinski definition) is 0. The Balaban J connectivity index is 1.31. The Morgan fingerprint density at radius 1 is 1.00 bits per heavy atom. The Labute approximate surface area is 204 Å². The number of hydrazone groups is 1. The normalized spacial score (nSPS) is 21.3. The van der Waals surface area contributed by atoms with Gasteiger partial charge in [0.1, 0.15) is 5.75 Å². The van der Waals surface area contributed by atoms with E-state index in [0.717, 1.165) is 54.8 Å². The van der Waals surface area contributed by atoms with Gasteiger partial charge in [0.15, 0.2) is 0 Å². The molecule has 0 amide bonds. The molecule has 1 spiro atoms. The first-order chi connectivity index (χ1) is 16.1. The average molecular weight is 502 g/mol. The number of rotatable bonds is 3. The summed E-state index contributed by atoms with van der Waals surface area (Å²) in [6, 6.07) is 26.1. The fourth-order valence-corrected chi connectivity index (χ4v) is 5.78. The summed E-state index contributed by atoms with van der Waals surface area (Å²) >= 11 is 3.66. The molecule has 1 saturated heterocycles. The molecule has 0 aliphatic carbocycles. The van der Waals surface area contributed by atoms with Crippen molar-refractivity contribution in [3.8, 4) is 5.75 Å². The van der Waals surface area contributed by atoms with Crippen molar-refractivity contribution in [1.29, 1.82) is 0 Å². The summed E-state index contributed by atoms with van der Waals surface area (Å²) in [5, 5.41) is 7.52. The fourth-order valence-electron chi connectivity index (χ4n) is 5.41. The van der Waals surface area contributed by atoms with Gasteiger partial charge in [-0.05, 0) is 36.2 Å². The van der Waals surface area contributed by atoms with Crippen LogP contribution >= 0.6 is 15.9 Å². The molecule has 3 aromatic carbocycles. The van der Waals surface area contributed by atoms with Crippen molar-refractivity contribution < 1.29 is 4.74 Å². The van der Waals surface area contributed by atoms with E-state index < -0.39 is 0 Å². The summed E-state index contributed by atoms with van der Waals surface area (Å²) in [5.41, 5.74) is 5.85. The van der Waals surface area contributed by atoms with Crippen molar-refractivity contribution in [3.05, 3.63) is 99.5 Å². The molecule has 0 saturated carbocycles. The predicted molar refractivity (Wildman–Crippen MR) is 135 cm³/mol. The van der Waals surface area contributed by atoms with Crippen LogP contribution < -0.4 is 4.74 Å². The largest absolute Gasteiger partial charge is 0.466 e. The maximum Gasteiger partial charge on any atom is 0.200 e. The number of piperidine rings is 1. The molecule has 168 valence electrons. The molecule has 5 heteroatoms. The zero-order valence-electron chi connectivity index (χ0n) is 18.9. The third-order valence-electron chi connectivity index (χ3n) is 7.23. The lowest BCUT2D eigenvalue weighted by molar-refractivity contribution is -0.150. The maximum atomic E-state index is 6.80. The van der Waals surface area contributed by atoms with Crippen LogP contribution in [0.3, 0.4) is 0 Å². The highest BCUT2D eigenvalue weighted by Gasteiger charge is 2.51. The van der Waals surface area contributed by atoms with Gasteiger partial charge in [-0.2, -0.15) is 5.10 Å². The SMILES string of the molecule is Cc1ccc(C2=NN3[C@H](C2)c2cc(Br)ccc2OC32CCN(Cc3ccccc3)CC2)cc1. The molecular formula is C28H28BrN3O. The van der Waals surface area contributed by atoms with Gasteiger partial charge in [0.2, 0.25) is 5.72 Å². The monoisotopic (exact) mass is 501 g/mol. The Hall–Kier alpha value is -2.63. The van der Waals surface area contributed by atoms with E-state index in [-0.39, 0.29) is 11.8 Å². The van der Waals surface area contributed by atoms with E-state index in [1.165, 1.54) is 22.3 Å². The molecule has 4 nitrogen and oxygen atoms in total. The van der Waals surface area contributed by atoms with Crippen LogP contribution in [0.4, 0.5) is 0 Å². The van der Waals surface area contributed by atoms with Gasteiger partial charge in [0.25, 0.3) is 0 Å². The van der Waals surface area contributed by atoms with Crippen LogP contribution in [-0.4, -0.2) is 34.4 Å². The number of halogens is 1. The van der Waals surface area contributed by atoms with Crippen LogP contribution in [0.25, 0.3) is 0 Å². The molecule has 3 aromatic rings. The molecule has 3 heterocycles. The molecule has 0 radical (unpaired) electrons. The van der Waals surface area contributed by atoms with Crippen LogP contribution in [0.15, 0.2) is 82.4 Å². The van der Waals surface area contributed by atoms with E-state index in [0.29, 0.717) is 0 Å². The molecule has 3 aliphatic rings. The second kappa shape index (κ2) is 8.30. The molecule has 0 aromatic heterocycles. The van der Waals surface area contributed by atoms with Gasteiger partial charge in [-0.3, -0.25) is 4.90 Å². The molecule has 0 N–H and O–H groups in total. The third-order valence-corrected chi connectivity index (χ3v) is 7.72. The van der Waals surface area contributed by atoms with Crippen molar-refractivity contribution in [2.45, 2.75) is 44.5 Å². The predicted octanol–water partition coefficient (Wildman–Crippen LogP) is 6.29. The number of ether oxygens (including phenoxy) is 1. The number of aryl methyl sites for hydroxylation is 1. The molecule has 0 unspecified atom stereocenters. The molecule has 1 atom stereocenters. The van der Waals surface area contributed by atoms with E-state index >= 15 is 0 Å². The van der Waals surface area contributed by atoms with E-state index in [2.05, 4.69) is 106 Å². The Bertz CT molecular complexity index is 1180. The van der Waals surface area contributed by atoms with Gasteiger partial charge >= 0.3 is 0 Å². The first kappa shape index (κ1) is 20.9. The highest BCUT2D eigenvalue weighted by atomic mass is 79.9. The van der Waals surface area contributed by atoms with Gasteiger partial charge in [0, 0.05) is 48.9 Å². The first-order valence-electron chi connectivity index (χ1n) is 11.8. The number of nitrogens with zero attached hydrogens (tertiary/aromatic N) is 3. The minimum atomic E-state index is -0.384. The fraction of sp³-hybridized carbons (Fsp3) is 0.321. The highest BCUT2D eigenvalue weighted by molar-refractivity contribution is 9.10. The first-order valence-corrected chi connectivity index (χ1v) is 12.6. The maximum absolute atomic E-state index is 6.80. The van der Waals surface area contributed by atoms with E-state index in [4.69, 9.17) is 9.84 Å². The molecule has 0 bridgehead atoms. The lowest BCUT2D eigenvalue weighted by atomic mass is 9.90. The number of benzene rings is 3. The molecule has 3 aliphatic heterocycles. The van der Waals surface area contributed by atoms with Crippen LogP contribution in [0.2, 0.25) is 0 Å². The van der Waals surface area contributed by atoms with Crippen LogP contribution in [-0.2, 0) is 6.54 Å². The smallest absolute Gasteiger partial charge is 0.200 e. The summed E-state index contributed by atoms with van der Waals surface area (Å²) in [4.78, 5) is 2.54. The van der Waals surface area contributed by atoms with Gasteiger partial charge in [-0.15, -0.1) is 0 Å². The lowest BCUT2D eigenvalue weighted by Gasteiger charge is -2.51. The summed E-state index contributed by atoms with van der Waals surface area (Å²) in [6.45, 7) is 5.11. The second-order valence-corrected chi connectivity index (χ2v) is 10.4. The van der Waals surface area contributed by atoms with Crippen LogP contribution in [0.5, 0.6) is 5.75 Å². The Morgan fingerprint density at radius 2 is 1.76 bits per heavy atom. The third kappa shape index (κ3) is 3.87. The van der Waals surface area contributed by atoms with Crippen LogP contribution in [0.1, 0.15) is 47.6 Å². The van der Waals surface area contributed by atoms with E-state index in [9.17, 15) is 0 Å². The Morgan fingerprint density at radius 3 is 2.52 bits per heavy atom. The Kier molecular flexibility index (Phi) is 5.27. The molecular weight excluding hydrogens is 474 g/mol. The van der Waals surface area contributed by atoms with Crippen LogP contribution in [0, 0.1) is 6.92 Å². The lowest BCUT2D eigenvalue weighted by Crippen LogP contribution is -2.59. The molecule has 1 fully saturated rings. The summed E-state index contributed by atoms with van der Waals surface area (Å²) in [5.74, 6) is 1.01. The number of likely N-dealkylation sites (tertiary alicyclic amines) is 1. The van der Waals surface area contributed by atoms with Gasteiger partial charge < -0.3 is 4.74 Å². The minimum Gasteiger partial charge on any atom is -0.466 e. The minimum absolute atomic E-state index is 0.211. The summed E-state index contributed by atoms with van der Waals surface area (Å²) in [6.07, 6.45) is 2.79. The highest BCUT2D eigenvalue weighted by Crippen LogP contribution is 2.50. The van der Waals surface area contributed by atoms with Crippen molar-refractivity contribution >= 4 is 21.6 Å². The van der Waals surface area contributed by atoms with Gasteiger partial charge in [-0.1, -0.05) is 76.1 Å². The topological polar surface area (TPSA) is 28.1 Å². The molecule has 33 heavy (non-hydrogen) atoms.